The summed E-state index contributed by atoms with van der Waals surface area (Å²) in [7, 11) is -3.63. The molecule has 0 aliphatic carbocycles. The van der Waals surface area contributed by atoms with Crippen molar-refractivity contribution in [2.45, 2.75) is 11.1 Å². The number of halogens is 1. The van der Waals surface area contributed by atoms with Crippen molar-refractivity contribution in [1.29, 1.82) is 5.26 Å². The Morgan fingerprint density at radius 3 is 2.58 bits per heavy atom. The second kappa shape index (κ2) is 5.21. The topological polar surface area (TPSA) is 70.0 Å². The van der Waals surface area contributed by atoms with Gasteiger partial charge in [-0.05, 0) is 42.8 Å². The van der Waals surface area contributed by atoms with Crippen molar-refractivity contribution in [3.8, 4) is 6.07 Å². The van der Waals surface area contributed by atoms with E-state index >= 15 is 0 Å². The Hall–Kier alpha value is -1.55. The molecule has 0 saturated carbocycles. The first-order chi connectivity index (χ1) is 8.92. The van der Waals surface area contributed by atoms with Crippen LogP contribution in [0, 0.1) is 18.3 Å². The van der Waals surface area contributed by atoms with Crippen molar-refractivity contribution in [3.05, 3.63) is 45.8 Å². The zero-order valence-electron chi connectivity index (χ0n) is 9.84. The number of nitrogens with one attached hydrogen (secondary N) is 1. The number of nitriles is 1. The van der Waals surface area contributed by atoms with E-state index in [-0.39, 0.29) is 4.21 Å². The maximum Gasteiger partial charge on any atom is 0.271 e. The van der Waals surface area contributed by atoms with Gasteiger partial charge >= 0.3 is 0 Å². The highest BCUT2D eigenvalue weighted by molar-refractivity contribution is 7.94. The van der Waals surface area contributed by atoms with E-state index in [9.17, 15) is 8.42 Å². The van der Waals surface area contributed by atoms with Crippen LogP contribution in [0.15, 0.2) is 34.5 Å². The van der Waals surface area contributed by atoms with E-state index in [4.69, 9.17) is 16.9 Å². The molecule has 2 aromatic rings. The van der Waals surface area contributed by atoms with Gasteiger partial charge in [-0.2, -0.15) is 5.26 Å². The van der Waals surface area contributed by atoms with Crippen LogP contribution in [0.5, 0.6) is 0 Å². The monoisotopic (exact) mass is 312 g/mol. The van der Waals surface area contributed by atoms with Crippen LogP contribution in [0.4, 0.5) is 5.69 Å². The number of aryl methyl sites for hydroxylation is 1. The number of rotatable bonds is 3. The fourth-order valence-corrected chi connectivity index (χ4v) is 4.10. The normalized spacial score (nSPS) is 11.0. The number of hydrogen-bond acceptors (Lipinski definition) is 4. The van der Waals surface area contributed by atoms with E-state index in [0.717, 1.165) is 11.3 Å². The standard InChI is InChI=1S/C12H9ClN2O2S2/c1-8-6-9(7-14)2-3-10(8)15-19(16,17)12-5-4-11(13)18-12/h2-6,15H,1H3. The van der Waals surface area contributed by atoms with Crippen LogP contribution in [-0.4, -0.2) is 8.42 Å². The Morgan fingerprint density at radius 2 is 2.05 bits per heavy atom. The average Bonchev–Trinajstić information content (AvgIpc) is 2.79. The molecule has 19 heavy (non-hydrogen) atoms. The van der Waals surface area contributed by atoms with Gasteiger partial charge < -0.3 is 0 Å². The number of thiophene rings is 1. The number of benzene rings is 1. The molecule has 1 N–H and O–H groups in total. The van der Waals surface area contributed by atoms with Crippen molar-refractivity contribution >= 4 is 38.6 Å². The molecular formula is C12H9ClN2O2S2. The molecule has 0 fully saturated rings. The molecule has 0 aliphatic heterocycles. The van der Waals surface area contributed by atoms with Gasteiger partial charge in [-0.15, -0.1) is 11.3 Å². The maximum absolute atomic E-state index is 12.1. The molecular weight excluding hydrogens is 304 g/mol. The van der Waals surface area contributed by atoms with Crippen LogP contribution < -0.4 is 4.72 Å². The Bertz CT molecular complexity index is 760. The van der Waals surface area contributed by atoms with Gasteiger partial charge in [-0.1, -0.05) is 11.6 Å². The van der Waals surface area contributed by atoms with E-state index in [1.807, 2.05) is 6.07 Å². The molecule has 0 saturated heterocycles. The summed E-state index contributed by atoms with van der Waals surface area (Å²) in [6.45, 7) is 1.74. The minimum Gasteiger partial charge on any atom is -0.279 e. The van der Waals surface area contributed by atoms with Gasteiger partial charge in [-0.3, -0.25) is 4.72 Å². The minimum absolute atomic E-state index is 0.154. The molecule has 1 aromatic heterocycles. The lowest BCUT2D eigenvalue weighted by Crippen LogP contribution is -2.12. The predicted molar refractivity (Wildman–Crippen MR) is 76.0 cm³/mol. The molecule has 98 valence electrons. The minimum atomic E-state index is -3.63. The highest BCUT2D eigenvalue weighted by atomic mass is 35.5. The van der Waals surface area contributed by atoms with E-state index < -0.39 is 10.0 Å². The van der Waals surface area contributed by atoms with Gasteiger partial charge in [0.1, 0.15) is 4.21 Å². The van der Waals surface area contributed by atoms with Gasteiger partial charge in [0, 0.05) is 0 Å². The summed E-state index contributed by atoms with van der Waals surface area (Å²) in [6.07, 6.45) is 0. The van der Waals surface area contributed by atoms with Gasteiger partial charge in [0.05, 0.1) is 21.7 Å². The maximum atomic E-state index is 12.1. The second-order valence-corrected chi connectivity index (χ2v) is 7.43. The Kier molecular flexibility index (Phi) is 3.80. The Labute approximate surface area is 120 Å². The smallest absolute Gasteiger partial charge is 0.271 e. The quantitative estimate of drug-likeness (QED) is 0.944. The third-order valence-corrected chi connectivity index (χ3v) is 5.50. The molecule has 0 amide bonds. The Morgan fingerprint density at radius 1 is 1.32 bits per heavy atom. The molecule has 0 bridgehead atoms. The van der Waals surface area contributed by atoms with Gasteiger partial charge in [-0.25, -0.2) is 8.42 Å². The summed E-state index contributed by atoms with van der Waals surface area (Å²) in [4.78, 5) is 0. The van der Waals surface area contributed by atoms with Crippen LogP contribution in [-0.2, 0) is 10.0 Å². The van der Waals surface area contributed by atoms with Gasteiger partial charge in [0.2, 0.25) is 0 Å². The molecule has 2 rings (SSSR count). The van der Waals surface area contributed by atoms with E-state index in [0.29, 0.717) is 21.2 Å². The fourth-order valence-electron chi connectivity index (χ4n) is 1.48. The molecule has 0 radical (unpaired) electrons. The van der Waals surface area contributed by atoms with Crippen LogP contribution in [0.2, 0.25) is 4.34 Å². The van der Waals surface area contributed by atoms with Crippen molar-refractivity contribution < 1.29 is 8.42 Å². The molecule has 0 unspecified atom stereocenters. The average molecular weight is 313 g/mol. The van der Waals surface area contributed by atoms with E-state index in [2.05, 4.69) is 4.72 Å². The molecule has 4 nitrogen and oxygen atoms in total. The number of anilines is 1. The fraction of sp³-hybridized carbons (Fsp3) is 0.0833. The zero-order chi connectivity index (χ0) is 14.0. The summed E-state index contributed by atoms with van der Waals surface area (Å²) < 4.78 is 27.2. The number of nitrogens with zero attached hydrogens (tertiary/aromatic N) is 1. The predicted octanol–water partition coefficient (Wildman–Crippen LogP) is 3.38. The van der Waals surface area contributed by atoms with E-state index in [1.165, 1.54) is 12.1 Å². The zero-order valence-corrected chi connectivity index (χ0v) is 12.2. The molecule has 7 heteroatoms. The largest absolute Gasteiger partial charge is 0.279 e. The summed E-state index contributed by atoms with van der Waals surface area (Å²) in [5, 5.41) is 8.76. The van der Waals surface area contributed by atoms with Crippen molar-refractivity contribution in [2.75, 3.05) is 4.72 Å². The lowest BCUT2D eigenvalue weighted by Gasteiger charge is -2.09. The molecule has 0 aliphatic rings. The highest BCUT2D eigenvalue weighted by Gasteiger charge is 2.17. The number of hydrogen-bond donors (Lipinski definition) is 1. The molecule has 0 atom stereocenters. The van der Waals surface area contributed by atoms with Crippen LogP contribution >= 0.6 is 22.9 Å². The van der Waals surface area contributed by atoms with Gasteiger partial charge in [0.25, 0.3) is 10.0 Å². The van der Waals surface area contributed by atoms with Crippen molar-refractivity contribution in [2.24, 2.45) is 0 Å². The summed E-state index contributed by atoms with van der Waals surface area (Å²) in [5.74, 6) is 0. The van der Waals surface area contributed by atoms with Crippen molar-refractivity contribution in [1.82, 2.24) is 0 Å². The summed E-state index contributed by atoms with van der Waals surface area (Å²) in [5.41, 5.74) is 1.62. The van der Waals surface area contributed by atoms with Crippen molar-refractivity contribution in [3.63, 3.8) is 0 Å². The molecule has 1 heterocycles. The summed E-state index contributed by atoms with van der Waals surface area (Å²) in [6, 6.07) is 9.74. The Balaban J connectivity index is 2.34. The third-order valence-electron chi connectivity index (χ3n) is 2.41. The molecule has 0 spiro atoms. The first-order valence-electron chi connectivity index (χ1n) is 5.21. The SMILES string of the molecule is Cc1cc(C#N)ccc1NS(=O)(=O)c1ccc(Cl)s1. The second-order valence-electron chi connectivity index (χ2n) is 3.81. The summed E-state index contributed by atoms with van der Waals surface area (Å²) >= 11 is 6.72. The lowest BCUT2D eigenvalue weighted by molar-refractivity contribution is 0.603. The van der Waals surface area contributed by atoms with Crippen LogP contribution in [0.1, 0.15) is 11.1 Å². The lowest BCUT2D eigenvalue weighted by atomic mass is 10.1. The third kappa shape index (κ3) is 3.07. The highest BCUT2D eigenvalue weighted by Crippen LogP contribution is 2.28. The number of sulfonamides is 1. The first-order valence-corrected chi connectivity index (χ1v) is 7.89. The van der Waals surface area contributed by atoms with E-state index in [1.54, 1.807) is 25.1 Å². The van der Waals surface area contributed by atoms with Crippen LogP contribution in [0.3, 0.4) is 0 Å². The first kappa shape index (κ1) is 13.9. The van der Waals surface area contributed by atoms with Crippen LogP contribution in [0.25, 0.3) is 0 Å². The molecule has 1 aromatic carbocycles. The van der Waals surface area contributed by atoms with Gasteiger partial charge in [0.15, 0.2) is 0 Å².